The summed E-state index contributed by atoms with van der Waals surface area (Å²) in [5.74, 6) is -0.135. The zero-order valence-electron chi connectivity index (χ0n) is 17.3. The highest BCUT2D eigenvalue weighted by atomic mass is 19.4. The number of carbonyl (C=O) groups excluding carboxylic acids is 1. The lowest BCUT2D eigenvalue weighted by atomic mass is 9.92. The Morgan fingerprint density at radius 3 is 2.56 bits per heavy atom. The number of halogens is 3. The van der Waals surface area contributed by atoms with Crippen LogP contribution < -0.4 is 5.32 Å². The van der Waals surface area contributed by atoms with Crippen LogP contribution >= 0.6 is 0 Å². The summed E-state index contributed by atoms with van der Waals surface area (Å²) in [5, 5.41) is 3.39. The van der Waals surface area contributed by atoms with Crippen LogP contribution in [0.1, 0.15) is 22.4 Å². The molecule has 32 heavy (non-hydrogen) atoms. The fourth-order valence-electron chi connectivity index (χ4n) is 3.84. The van der Waals surface area contributed by atoms with E-state index >= 15 is 0 Å². The molecule has 2 aromatic carbocycles. The number of benzene rings is 2. The van der Waals surface area contributed by atoms with Gasteiger partial charge in [0.2, 0.25) is 5.91 Å². The van der Waals surface area contributed by atoms with E-state index in [1.165, 1.54) is 18.2 Å². The summed E-state index contributed by atoms with van der Waals surface area (Å²) >= 11 is 0. The van der Waals surface area contributed by atoms with Crippen LogP contribution in [0.25, 0.3) is 11.1 Å². The lowest BCUT2D eigenvalue weighted by Crippen LogP contribution is -2.34. The fourth-order valence-corrected chi connectivity index (χ4v) is 3.84. The van der Waals surface area contributed by atoms with Crippen LogP contribution in [0.15, 0.2) is 73.4 Å². The lowest BCUT2D eigenvalue weighted by Gasteiger charge is -2.29. The fraction of sp³-hybridized carbons (Fsp3) is 0.200. The van der Waals surface area contributed by atoms with Gasteiger partial charge >= 0.3 is 6.18 Å². The molecule has 1 aliphatic rings. The summed E-state index contributed by atoms with van der Waals surface area (Å²) in [4.78, 5) is 18.1. The molecule has 0 atom stereocenters. The average molecular weight is 437 g/mol. The van der Waals surface area contributed by atoms with Crippen molar-refractivity contribution >= 4 is 11.6 Å². The SMILES string of the molecule is C=CC(=O)N1CCc2cc(NCc3ccccn3)c(-c3ccc(C(F)(F)F)cc3)cc2C1. The van der Waals surface area contributed by atoms with Crippen molar-refractivity contribution in [1.82, 2.24) is 9.88 Å². The van der Waals surface area contributed by atoms with Gasteiger partial charge in [0, 0.05) is 30.5 Å². The average Bonchev–Trinajstić information content (AvgIpc) is 2.81. The van der Waals surface area contributed by atoms with Gasteiger partial charge in [-0.05, 0) is 65.6 Å². The molecule has 0 spiro atoms. The Kier molecular flexibility index (Phi) is 5.99. The second-order valence-electron chi connectivity index (χ2n) is 7.63. The number of rotatable bonds is 5. The van der Waals surface area contributed by atoms with Crippen LogP contribution in [-0.4, -0.2) is 22.3 Å². The van der Waals surface area contributed by atoms with Crippen molar-refractivity contribution in [2.75, 3.05) is 11.9 Å². The second kappa shape index (κ2) is 8.86. The minimum atomic E-state index is -4.39. The van der Waals surface area contributed by atoms with Crippen molar-refractivity contribution in [3.05, 3.63) is 95.8 Å². The van der Waals surface area contributed by atoms with Crippen LogP contribution in [0.4, 0.5) is 18.9 Å². The standard InChI is InChI=1S/C25H22F3N3O/c1-2-24(32)31-12-10-18-14-23(30-15-21-5-3-4-11-29-21)22(13-19(18)16-31)17-6-8-20(9-7-17)25(26,27)28/h2-9,11,13-14,30H,1,10,12,15-16H2. The third kappa shape index (κ3) is 4.66. The maximum atomic E-state index is 13.0. The Hall–Kier alpha value is -3.61. The maximum Gasteiger partial charge on any atom is 0.416 e. The van der Waals surface area contributed by atoms with Crippen molar-refractivity contribution < 1.29 is 18.0 Å². The molecule has 164 valence electrons. The highest BCUT2D eigenvalue weighted by Gasteiger charge is 2.30. The molecular formula is C25H22F3N3O. The number of pyridine rings is 1. The van der Waals surface area contributed by atoms with E-state index in [-0.39, 0.29) is 5.91 Å². The van der Waals surface area contributed by atoms with Gasteiger partial charge in [0.15, 0.2) is 0 Å². The zero-order valence-corrected chi connectivity index (χ0v) is 17.3. The number of hydrogen-bond donors (Lipinski definition) is 1. The molecule has 1 amide bonds. The predicted molar refractivity (Wildman–Crippen MR) is 118 cm³/mol. The van der Waals surface area contributed by atoms with E-state index in [0.717, 1.165) is 40.2 Å². The third-order valence-electron chi connectivity index (χ3n) is 5.55. The van der Waals surface area contributed by atoms with Gasteiger partial charge in [0.05, 0.1) is 17.8 Å². The van der Waals surface area contributed by atoms with E-state index < -0.39 is 11.7 Å². The van der Waals surface area contributed by atoms with Gasteiger partial charge in [-0.25, -0.2) is 0 Å². The van der Waals surface area contributed by atoms with Crippen LogP contribution in [0.2, 0.25) is 0 Å². The van der Waals surface area contributed by atoms with Gasteiger partial charge in [0.25, 0.3) is 0 Å². The van der Waals surface area contributed by atoms with E-state index in [1.807, 2.05) is 30.3 Å². The zero-order chi connectivity index (χ0) is 22.7. The molecule has 1 aliphatic heterocycles. The number of aromatic nitrogens is 1. The molecule has 0 fully saturated rings. The normalized spacial score (nSPS) is 13.4. The monoisotopic (exact) mass is 437 g/mol. The van der Waals surface area contributed by atoms with E-state index in [2.05, 4.69) is 16.9 Å². The Bertz CT molecular complexity index is 1130. The number of hydrogen-bond acceptors (Lipinski definition) is 3. The van der Waals surface area contributed by atoms with Crippen molar-refractivity contribution in [1.29, 1.82) is 0 Å². The molecule has 0 saturated heterocycles. The van der Waals surface area contributed by atoms with E-state index in [0.29, 0.717) is 31.6 Å². The summed E-state index contributed by atoms with van der Waals surface area (Å²) in [7, 11) is 0. The number of carbonyl (C=O) groups is 1. The minimum absolute atomic E-state index is 0.135. The predicted octanol–water partition coefficient (Wildman–Crippen LogP) is 5.45. The van der Waals surface area contributed by atoms with Crippen LogP contribution in [-0.2, 0) is 30.5 Å². The molecular weight excluding hydrogens is 415 g/mol. The molecule has 0 unspecified atom stereocenters. The quantitative estimate of drug-likeness (QED) is 0.540. The highest BCUT2D eigenvalue weighted by Crippen LogP contribution is 2.36. The number of amides is 1. The number of fused-ring (bicyclic) bond motifs is 1. The first-order valence-electron chi connectivity index (χ1n) is 10.2. The van der Waals surface area contributed by atoms with Crippen molar-refractivity contribution in [2.45, 2.75) is 25.7 Å². The van der Waals surface area contributed by atoms with Gasteiger partial charge in [-0.15, -0.1) is 0 Å². The van der Waals surface area contributed by atoms with Gasteiger partial charge < -0.3 is 10.2 Å². The third-order valence-corrected chi connectivity index (χ3v) is 5.55. The molecule has 0 saturated carbocycles. The van der Waals surface area contributed by atoms with Crippen molar-refractivity contribution in [2.24, 2.45) is 0 Å². The van der Waals surface area contributed by atoms with E-state index in [4.69, 9.17) is 0 Å². The summed E-state index contributed by atoms with van der Waals surface area (Å²) in [6.45, 7) is 5.07. The topological polar surface area (TPSA) is 45.2 Å². The number of nitrogens with one attached hydrogen (secondary N) is 1. The van der Waals surface area contributed by atoms with Gasteiger partial charge in [-0.2, -0.15) is 13.2 Å². The molecule has 4 rings (SSSR count). The van der Waals surface area contributed by atoms with Crippen molar-refractivity contribution in [3.8, 4) is 11.1 Å². The van der Waals surface area contributed by atoms with E-state index in [1.54, 1.807) is 11.1 Å². The molecule has 0 aliphatic carbocycles. The van der Waals surface area contributed by atoms with Gasteiger partial charge in [-0.3, -0.25) is 9.78 Å². The Labute approximate surface area is 184 Å². The largest absolute Gasteiger partial charge is 0.416 e. The van der Waals surface area contributed by atoms with Crippen LogP contribution in [0, 0.1) is 0 Å². The molecule has 1 aromatic heterocycles. The minimum Gasteiger partial charge on any atom is -0.379 e. The van der Waals surface area contributed by atoms with Crippen molar-refractivity contribution in [3.63, 3.8) is 0 Å². The maximum absolute atomic E-state index is 13.0. The Balaban J connectivity index is 1.71. The molecule has 1 N–H and O–H groups in total. The number of anilines is 1. The van der Waals surface area contributed by atoms with Gasteiger partial charge in [-0.1, -0.05) is 24.8 Å². The smallest absolute Gasteiger partial charge is 0.379 e. The molecule has 2 heterocycles. The summed E-state index contributed by atoms with van der Waals surface area (Å²) in [6.07, 6.45) is -0.684. The molecule has 0 bridgehead atoms. The first-order valence-corrected chi connectivity index (χ1v) is 10.2. The second-order valence-corrected chi connectivity index (χ2v) is 7.63. The number of nitrogens with zero attached hydrogens (tertiary/aromatic N) is 2. The summed E-state index contributed by atoms with van der Waals surface area (Å²) in [6, 6.07) is 14.8. The van der Waals surface area contributed by atoms with Gasteiger partial charge in [0.1, 0.15) is 0 Å². The molecule has 7 heteroatoms. The van der Waals surface area contributed by atoms with E-state index in [9.17, 15) is 18.0 Å². The first-order chi connectivity index (χ1) is 15.3. The van der Waals surface area contributed by atoms with Crippen LogP contribution in [0.5, 0.6) is 0 Å². The summed E-state index contributed by atoms with van der Waals surface area (Å²) < 4.78 is 39.1. The highest BCUT2D eigenvalue weighted by molar-refractivity contribution is 5.87. The lowest BCUT2D eigenvalue weighted by molar-refractivity contribution is -0.137. The van der Waals surface area contributed by atoms with Crippen LogP contribution in [0.3, 0.4) is 0 Å². The molecule has 3 aromatic rings. The number of alkyl halides is 3. The molecule has 4 nitrogen and oxygen atoms in total. The first kappa shape index (κ1) is 21.6. The molecule has 0 radical (unpaired) electrons. The Morgan fingerprint density at radius 2 is 1.91 bits per heavy atom. The summed E-state index contributed by atoms with van der Waals surface area (Å²) in [5.41, 5.74) is 4.51. The Morgan fingerprint density at radius 1 is 1.12 bits per heavy atom.